The first-order chi connectivity index (χ1) is 8.95. The molecule has 1 heterocycles. The highest BCUT2D eigenvalue weighted by molar-refractivity contribution is 5.63. The van der Waals surface area contributed by atoms with Crippen molar-refractivity contribution < 1.29 is 13.2 Å². The number of nitrogens with one attached hydrogen (secondary N) is 1. The molecule has 0 saturated heterocycles. The number of rotatable bonds is 4. The summed E-state index contributed by atoms with van der Waals surface area (Å²) in [5.41, 5.74) is 0.738. The number of likely N-dealkylation sites (N-methyl/N-ethyl adjacent to an activating group) is 1. The molecule has 2 nitrogen and oxygen atoms in total. The Bertz CT molecular complexity index is 443. The minimum Gasteiger partial charge on any atom is -0.374 e. The van der Waals surface area contributed by atoms with Crippen molar-refractivity contribution in [3.05, 3.63) is 29.3 Å². The van der Waals surface area contributed by atoms with Crippen LogP contribution in [0.25, 0.3) is 0 Å². The number of alkyl halides is 3. The van der Waals surface area contributed by atoms with Gasteiger partial charge in [-0.1, -0.05) is 6.07 Å². The lowest BCUT2D eigenvalue weighted by Crippen LogP contribution is -2.16. The quantitative estimate of drug-likeness (QED) is 0.846. The SMILES string of the molecule is CNCCCC1CN(C)c2cccc(C(F)(F)F)c21. The number of anilines is 1. The molecule has 1 aromatic carbocycles. The van der Waals surface area contributed by atoms with Crippen LogP contribution >= 0.6 is 0 Å². The first kappa shape index (κ1) is 14.2. The lowest BCUT2D eigenvalue weighted by Gasteiger charge is -2.16. The van der Waals surface area contributed by atoms with Crippen LogP contribution in [0.5, 0.6) is 0 Å². The molecule has 1 unspecified atom stereocenters. The lowest BCUT2D eigenvalue weighted by molar-refractivity contribution is -0.138. The van der Waals surface area contributed by atoms with Crippen LogP contribution in [0.1, 0.15) is 29.9 Å². The Hall–Kier alpha value is -1.23. The third-order valence-corrected chi connectivity index (χ3v) is 3.68. The van der Waals surface area contributed by atoms with E-state index >= 15 is 0 Å². The smallest absolute Gasteiger partial charge is 0.374 e. The highest BCUT2D eigenvalue weighted by Crippen LogP contribution is 2.45. The summed E-state index contributed by atoms with van der Waals surface area (Å²) in [4.78, 5) is 1.93. The number of fused-ring (bicyclic) bond motifs is 1. The number of halogens is 3. The maximum Gasteiger partial charge on any atom is 0.416 e. The largest absolute Gasteiger partial charge is 0.416 e. The molecule has 0 fully saturated rings. The minimum atomic E-state index is -4.27. The van der Waals surface area contributed by atoms with Crippen LogP contribution in [0.15, 0.2) is 18.2 Å². The second-order valence-corrected chi connectivity index (χ2v) is 5.06. The molecule has 0 radical (unpaired) electrons. The fraction of sp³-hybridized carbons (Fsp3) is 0.571. The van der Waals surface area contributed by atoms with Crippen molar-refractivity contribution in [2.75, 3.05) is 32.1 Å². The zero-order valence-corrected chi connectivity index (χ0v) is 11.2. The molecule has 0 aromatic heterocycles. The Morgan fingerprint density at radius 1 is 1.37 bits per heavy atom. The van der Waals surface area contributed by atoms with E-state index in [9.17, 15) is 13.2 Å². The Morgan fingerprint density at radius 2 is 2.11 bits per heavy atom. The molecule has 0 spiro atoms. The summed E-state index contributed by atoms with van der Waals surface area (Å²) in [5, 5.41) is 3.04. The van der Waals surface area contributed by atoms with Crippen LogP contribution in [0.3, 0.4) is 0 Å². The van der Waals surface area contributed by atoms with Crippen LogP contribution in [0.2, 0.25) is 0 Å². The van der Waals surface area contributed by atoms with Gasteiger partial charge in [0.05, 0.1) is 5.56 Å². The van der Waals surface area contributed by atoms with E-state index in [1.165, 1.54) is 12.1 Å². The second-order valence-electron chi connectivity index (χ2n) is 5.06. The van der Waals surface area contributed by atoms with Gasteiger partial charge in [-0.25, -0.2) is 0 Å². The van der Waals surface area contributed by atoms with Gasteiger partial charge >= 0.3 is 6.18 Å². The summed E-state index contributed by atoms with van der Waals surface area (Å²) in [6.07, 6.45) is -2.59. The predicted octanol–water partition coefficient (Wildman–Crippen LogP) is 3.24. The Kier molecular flexibility index (Phi) is 4.04. The van der Waals surface area contributed by atoms with Gasteiger partial charge in [-0.05, 0) is 44.1 Å². The number of nitrogens with zero attached hydrogens (tertiary/aromatic N) is 1. The molecule has 0 aliphatic carbocycles. The average Bonchev–Trinajstić information content (AvgIpc) is 2.66. The molecule has 1 N–H and O–H groups in total. The van der Waals surface area contributed by atoms with E-state index in [0.717, 1.165) is 25.1 Å². The van der Waals surface area contributed by atoms with E-state index in [0.29, 0.717) is 12.1 Å². The van der Waals surface area contributed by atoms with Crippen LogP contribution in [-0.4, -0.2) is 27.2 Å². The van der Waals surface area contributed by atoms with Crippen molar-refractivity contribution in [3.63, 3.8) is 0 Å². The average molecular weight is 272 g/mol. The standard InChI is InChI=1S/C14H19F3N2/c1-18-8-4-5-10-9-19(2)12-7-3-6-11(13(10)12)14(15,16)17/h3,6-7,10,18H,4-5,8-9H2,1-2H3. The molecular weight excluding hydrogens is 253 g/mol. The molecule has 0 amide bonds. The van der Waals surface area contributed by atoms with Crippen molar-refractivity contribution in [2.45, 2.75) is 24.9 Å². The van der Waals surface area contributed by atoms with Crippen molar-refractivity contribution in [2.24, 2.45) is 0 Å². The maximum absolute atomic E-state index is 13.1. The van der Waals surface area contributed by atoms with E-state index in [2.05, 4.69) is 5.32 Å². The molecule has 1 aliphatic heterocycles. The molecule has 0 bridgehead atoms. The second kappa shape index (κ2) is 5.41. The summed E-state index contributed by atoms with van der Waals surface area (Å²) in [6, 6.07) is 4.47. The van der Waals surface area contributed by atoms with Gasteiger partial charge in [0.15, 0.2) is 0 Å². The van der Waals surface area contributed by atoms with Gasteiger partial charge in [0.25, 0.3) is 0 Å². The zero-order valence-electron chi connectivity index (χ0n) is 11.2. The van der Waals surface area contributed by atoms with Gasteiger partial charge in [-0.3, -0.25) is 0 Å². The highest BCUT2D eigenvalue weighted by Gasteiger charge is 2.39. The summed E-state index contributed by atoms with van der Waals surface area (Å²) < 4.78 is 39.3. The first-order valence-corrected chi connectivity index (χ1v) is 6.51. The van der Waals surface area contributed by atoms with Gasteiger partial charge in [-0.15, -0.1) is 0 Å². The van der Waals surface area contributed by atoms with Crippen LogP contribution in [-0.2, 0) is 6.18 Å². The molecule has 1 atom stereocenters. The number of hydrogen-bond donors (Lipinski definition) is 1. The molecular formula is C14H19F3N2. The van der Waals surface area contributed by atoms with Gasteiger partial charge in [0, 0.05) is 25.2 Å². The summed E-state index contributed by atoms with van der Waals surface area (Å²) in [5.74, 6) is -0.0221. The van der Waals surface area contributed by atoms with Gasteiger partial charge in [0.1, 0.15) is 0 Å². The van der Waals surface area contributed by atoms with E-state index < -0.39 is 11.7 Å². The first-order valence-electron chi connectivity index (χ1n) is 6.51. The molecule has 5 heteroatoms. The van der Waals surface area contributed by atoms with Gasteiger partial charge < -0.3 is 10.2 Å². The fourth-order valence-electron chi connectivity index (χ4n) is 2.84. The van der Waals surface area contributed by atoms with E-state index in [1.807, 2.05) is 19.0 Å². The highest BCUT2D eigenvalue weighted by atomic mass is 19.4. The van der Waals surface area contributed by atoms with Crippen molar-refractivity contribution >= 4 is 5.69 Å². The van der Waals surface area contributed by atoms with Gasteiger partial charge in [0.2, 0.25) is 0 Å². The van der Waals surface area contributed by atoms with E-state index in [4.69, 9.17) is 0 Å². The molecule has 1 aromatic rings. The molecule has 0 saturated carbocycles. The zero-order chi connectivity index (χ0) is 14.0. The number of benzene rings is 1. The van der Waals surface area contributed by atoms with Gasteiger partial charge in [-0.2, -0.15) is 13.2 Å². The third-order valence-electron chi connectivity index (χ3n) is 3.68. The van der Waals surface area contributed by atoms with Crippen molar-refractivity contribution in [1.82, 2.24) is 5.32 Å². The fourth-order valence-corrected chi connectivity index (χ4v) is 2.84. The van der Waals surface area contributed by atoms with E-state index in [1.54, 1.807) is 6.07 Å². The molecule has 1 aliphatic rings. The molecule has 106 valence electrons. The van der Waals surface area contributed by atoms with Crippen LogP contribution in [0, 0.1) is 0 Å². The normalized spacial score (nSPS) is 18.8. The summed E-state index contributed by atoms with van der Waals surface area (Å²) >= 11 is 0. The number of hydrogen-bond acceptors (Lipinski definition) is 2. The summed E-state index contributed by atoms with van der Waals surface area (Å²) in [6.45, 7) is 1.51. The topological polar surface area (TPSA) is 15.3 Å². The Labute approximate surface area is 111 Å². The lowest BCUT2D eigenvalue weighted by atomic mass is 9.92. The maximum atomic E-state index is 13.1. The minimum absolute atomic E-state index is 0.0221. The van der Waals surface area contributed by atoms with Crippen LogP contribution < -0.4 is 10.2 Å². The third kappa shape index (κ3) is 2.86. The molecule has 19 heavy (non-hydrogen) atoms. The predicted molar refractivity (Wildman–Crippen MR) is 70.6 cm³/mol. The van der Waals surface area contributed by atoms with Crippen molar-refractivity contribution in [1.29, 1.82) is 0 Å². The summed E-state index contributed by atoms with van der Waals surface area (Å²) in [7, 11) is 3.72. The molecule has 2 rings (SSSR count). The monoisotopic (exact) mass is 272 g/mol. The Morgan fingerprint density at radius 3 is 2.74 bits per heavy atom. The van der Waals surface area contributed by atoms with Crippen LogP contribution in [0.4, 0.5) is 18.9 Å². The van der Waals surface area contributed by atoms with Crippen molar-refractivity contribution in [3.8, 4) is 0 Å². The van der Waals surface area contributed by atoms with E-state index in [-0.39, 0.29) is 5.92 Å². The Balaban J connectivity index is 2.32.